The van der Waals surface area contributed by atoms with Gasteiger partial charge in [-0.2, -0.15) is 10.2 Å². The summed E-state index contributed by atoms with van der Waals surface area (Å²) < 4.78 is 9.94. The highest BCUT2D eigenvalue weighted by Crippen LogP contribution is 2.40. The summed E-state index contributed by atoms with van der Waals surface area (Å²) in [7, 11) is 1.88. The molecule has 8 heteroatoms. The minimum absolute atomic E-state index is 0.131. The topological polar surface area (TPSA) is 77.5 Å². The maximum absolute atomic E-state index is 10.6. The van der Waals surface area contributed by atoms with Crippen molar-refractivity contribution in [2.75, 3.05) is 6.54 Å². The van der Waals surface area contributed by atoms with E-state index < -0.39 is 0 Å². The standard InChI is InChI=1S/C19H20N6O2/c1-23-10-14(9-21-23)16-12-25-17(3-4-20-25)19(22-16)27-18-8-15-7-13(18)11-24(15)5-2-6-26/h2-6,9-10,12-13,15,18H,7-8,11H2,1H3/b5-2+/t13-,15-,18+/m0/s1. The Morgan fingerprint density at radius 3 is 2.93 bits per heavy atom. The summed E-state index contributed by atoms with van der Waals surface area (Å²) in [5.41, 5.74) is 2.58. The molecule has 0 N–H and O–H groups in total. The lowest BCUT2D eigenvalue weighted by atomic mass is 10.1. The Morgan fingerprint density at radius 1 is 1.26 bits per heavy atom. The highest BCUT2D eigenvalue weighted by atomic mass is 16.5. The second-order valence-corrected chi connectivity index (χ2v) is 7.21. The number of nitrogens with zero attached hydrogens (tertiary/aromatic N) is 6. The number of ether oxygens (including phenoxy) is 1. The number of carbonyl (C=O) groups excluding carboxylic acids is 1. The number of hydrogen-bond donors (Lipinski definition) is 0. The van der Waals surface area contributed by atoms with Crippen LogP contribution in [0, 0.1) is 5.92 Å². The van der Waals surface area contributed by atoms with Crippen molar-refractivity contribution in [2.45, 2.75) is 25.0 Å². The molecule has 8 nitrogen and oxygen atoms in total. The van der Waals surface area contributed by atoms with E-state index in [0.29, 0.717) is 17.8 Å². The fourth-order valence-electron chi connectivity index (χ4n) is 4.23. The van der Waals surface area contributed by atoms with Crippen molar-refractivity contribution >= 4 is 11.8 Å². The zero-order valence-electron chi connectivity index (χ0n) is 15.0. The molecule has 2 bridgehead atoms. The van der Waals surface area contributed by atoms with E-state index in [1.54, 1.807) is 27.7 Å². The molecule has 138 valence electrons. The van der Waals surface area contributed by atoms with Crippen molar-refractivity contribution in [2.24, 2.45) is 13.0 Å². The fraction of sp³-hybridized carbons (Fsp3) is 0.368. The highest BCUT2D eigenvalue weighted by Gasteiger charge is 2.45. The SMILES string of the molecule is Cn1cc(-c2cn3nccc3c(O[C@@H]3C[C@@H]4C[C@H]3CN4/C=C/C=O)n2)cn1. The quantitative estimate of drug-likeness (QED) is 0.506. The molecule has 1 saturated carbocycles. The molecule has 0 spiro atoms. The fourth-order valence-corrected chi connectivity index (χ4v) is 4.23. The predicted molar refractivity (Wildman–Crippen MR) is 98.0 cm³/mol. The first-order valence-corrected chi connectivity index (χ1v) is 9.09. The Kier molecular flexibility index (Phi) is 3.70. The Hall–Kier alpha value is -3.16. The van der Waals surface area contributed by atoms with Crippen LogP contribution in [0.2, 0.25) is 0 Å². The second kappa shape index (κ2) is 6.22. The van der Waals surface area contributed by atoms with Crippen LogP contribution >= 0.6 is 0 Å². The van der Waals surface area contributed by atoms with Gasteiger partial charge in [0.05, 0.1) is 24.3 Å². The van der Waals surface area contributed by atoms with Gasteiger partial charge in [0.25, 0.3) is 0 Å². The second-order valence-electron chi connectivity index (χ2n) is 7.21. The number of fused-ring (bicyclic) bond motifs is 3. The van der Waals surface area contributed by atoms with E-state index in [-0.39, 0.29) is 6.10 Å². The predicted octanol–water partition coefficient (Wildman–Crippen LogP) is 1.68. The van der Waals surface area contributed by atoms with Crippen molar-refractivity contribution in [1.82, 2.24) is 29.3 Å². The summed E-state index contributed by atoms with van der Waals surface area (Å²) in [4.78, 5) is 17.6. The Balaban J connectivity index is 1.42. The van der Waals surface area contributed by atoms with Crippen LogP contribution in [0.1, 0.15) is 12.8 Å². The van der Waals surface area contributed by atoms with Crippen molar-refractivity contribution < 1.29 is 9.53 Å². The van der Waals surface area contributed by atoms with Crippen LogP contribution in [0.4, 0.5) is 0 Å². The van der Waals surface area contributed by atoms with Gasteiger partial charge in [-0.3, -0.25) is 9.48 Å². The molecule has 0 aromatic carbocycles. The van der Waals surface area contributed by atoms with Crippen LogP contribution in [0.5, 0.6) is 5.88 Å². The molecule has 4 heterocycles. The summed E-state index contributed by atoms with van der Waals surface area (Å²) in [6.45, 7) is 0.914. The van der Waals surface area contributed by atoms with E-state index in [4.69, 9.17) is 9.72 Å². The normalized spacial score (nSPS) is 24.3. The van der Waals surface area contributed by atoms with Gasteiger partial charge >= 0.3 is 0 Å². The van der Waals surface area contributed by atoms with Gasteiger partial charge in [-0.05, 0) is 18.6 Å². The number of aromatic nitrogens is 5. The number of rotatable bonds is 5. The lowest BCUT2D eigenvalue weighted by Gasteiger charge is -2.30. The van der Waals surface area contributed by atoms with E-state index in [1.165, 1.54) is 0 Å². The molecule has 2 fully saturated rings. The number of piperidine rings is 1. The largest absolute Gasteiger partial charge is 0.472 e. The van der Waals surface area contributed by atoms with Gasteiger partial charge in [0.2, 0.25) is 5.88 Å². The van der Waals surface area contributed by atoms with Gasteiger partial charge in [0, 0.05) is 49.9 Å². The van der Waals surface area contributed by atoms with Crippen LogP contribution in [0.25, 0.3) is 16.8 Å². The third-order valence-electron chi connectivity index (χ3n) is 5.50. The Morgan fingerprint density at radius 2 is 2.19 bits per heavy atom. The Labute approximate surface area is 156 Å². The van der Waals surface area contributed by atoms with Gasteiger partial charge in [-0.15, -0.1) is 0 Å². The summed E-state index contributed by atoms with van der Waals surface area (Å²) in [5, 5.41) is 8.59. The lowest BCUT2D eigenvalue weighted by molar-refractivity contribution is -0.104. The minimum atomic E-state index is 0.131. The molecule has 3 aromatic heterocycles. The molecule has 5 rings (SSSR count). The van der Waals surface area contributed by atoms with Gasteiger partial charge < -0.3 is 9.64 Å². The number of aldehydes is 1. The van der Waals surface area contributed by atoms with Crippen LogP contribution in [-0.4, -0.2) is 54.3 Å². The summed E-state index contributed by atoms with van der Waals surface area (Å²) in [6, 6.07) is 2.35. The van der Waals surface area contributed by atoms with Gasteiger partial charge in [-0.25, -0.2) is 9.50 Å². The van der Waals surface area contributed by atoms with Crippen molar-refractivity contribution in [3.63, 3.8) is 0 Å². The zero-order valence-corrected chi connectivity index (χ0v) is 15.0. The molecule has 3 aromatic rings. The van der Waals surface area contributed by atoms with Gasteiger partial charge in [0.15, 0.2) is 0 Å². The average molecular weight is 364 g/mol. The van der Waals surface area contributed by atoms with Crippen molar-refractivity contribution in [3.8, 4) is 17.1 Å². The maximum atomic E-state index is 10.6. The van der Waals surface area contributed by atoms with Crippen molar-refractivity contribution in [1.29, 1.82) is 0 Å². The molecule has 0 radical (unpaired) electrons. The zero-order chi connectivity index (χ0) is 18.4. The first kappa shape index (κ1) is 16.0. The molecule has 2 aliphatic rings. The van der Waals surface area contributed by atoms with Gasteiger partial charge in [-0.1, -0.05) is 0 Å². The molecule has 1 saturated heterocycles. The summed E-state index contributed by atoms with van der Waals surface area (Å²) >= 11 is 0. The number of aryl methyl sites for hydroxylation is 1. The van der Waals surface area contributed by atoms with Crippen molar-refractivity contribution in [3.05, 3.63) is 43.1 Å². The van der Waals surface area contributed by atoms with Crippen LogP contribution in [0.15, 0.2) is 43.1 Å². The first-order chi connectivity index (χ1) is 13.2. The summed E-state index contributed by atoms with van der Waals surface area (Å²) in [6.07, 6.45) is 13.8. The monoisotopic (exact) mass is 364 g/mol. The van der Waals surface area contributed by atoms with E-state index in [9.17, 15) is 4.79 Å². The third-order valence-corrected chi connectivity index (χ3v) is 5.50. The average Bonchev–Trinajstić information content (AvgIpc) is 3.43. The van der Waals surface area contributed by atoms with Crippen LogP contribution < -0.4 is 4.74 Å². The number of likely N-dealkylation sites (tertiary alicyclic amines) is 1. The van der Waals surface area contributed by atoms with E-state index in [2.05, 4.69) is 15.1 Å². The molecule has 0 unspecified atom stereocenters. The van der Waals surface area contributed by atoms with E-state index in [0.717, 1.165) is 42.4 Å². The lowest BCUT2D eigenvalue weighted by Crippen LogP contribution is -2.37. The van der Waals surface area contributed by atoms with E-state index >= 15 is 0 Å². The minimum Gasteiger partial charge on any atom is -0.472 e. The molecular weight excluding hydrogens is 344 g/mol. The molecule has 1 aliphatic carbocycles. The van der Waals surface area contributed by atoms with Crippen LogP contribution in [0.3, 0.4) is 0 Å². The van der Waals surface area contributed by atoms with Crippen LogP contribution in [-0.2, 0) is 11.8 Å². The molecule has 1 aliphatic heterocycles. The number of carbonyl (C=O) groups is 1. The Bertz CT molecular complexity index is 1020. The molecular formula is C19H20N6O2. The molecule has 0 amide bonds. The van der Waals surface area contributed by atoms with E-state index in [1.807, 2.05) is 31.7 Å². The molecule has 27 heavy (non-hydrogen) atoms. The first-order valence-electron chi connectivity index (χ1n) is 9.09. The number of hydrogen-bond acceptors (Lipinski definition) is 6. The maximum Gasteiger partial charge on any atom is 0.240 e. The summed E-state index contributed by atoms with van der Waals surface area (Å²) in [5.74, 6) is 1.06. The van der Waals surface area contributed by atoms with Gasteiger partial charge in [0.1, 0.15) is 17.9 Å². The number of allylic oxidation sites excluding steroid dienone is 1. The molecule has 3 atom stereocenters. The third kappa shape index (κ3) is 2.77. The highest BCUT2D eigenvalue weighted by molar-refractivity contribution is 5.64. The smallest absolute Gasteiger partial charge is 0.240 e.